The number of hydrogen-bond acceptors (Lipinski definition) is 6. The minimum absolute atomic E-state index is 0.369. The number of rotatable bonds is 5. The summed E-state index contributed by atoms with van der Waals surface area (Å²) < 4.78 is 6.56. The first kappa shape index (κ1) is 14.1. The van der Waals surface area contributed by atoms with Crippen LogP contribution in [-0.2, 0) is 4.74 Å². The van der Waals surface area contributed by atoms with E-state index >= 15 is 0 Å². The van der Waals surface area contributed by atoms with Crippen LogP contribution in [-0.4, -0.2) is 28.7 Å². The molecule has 0 bridgehead atoms. The third-order valence-corrected chi connectivity index (χ3v) is 5.24. The Morgan fingerprint density at radius 2 is 2.40 bits per heavy atom. The van der Waals surface area contributed by atoms with E-state index in [2.05, 4.69) is 15.5 Å². The van der Waals surface area contributed by atoms with Crippen molar-refractivity contribution in [1.29, 1.82) is 0 Å². The summed E-state index contributed by atoms with van der Waals surface area (Å²) in [4.78, 5) is 0. The predicted octanol–water partition coefficient (Wildman–Crippen LogP) is 4.21. The normalized spacial score (nSPS) is 18.4. The topological polar surface area (TPSA) is 47.0 Å². The van der Waals surface area contributed by atoms with Gasteiger partial charge >= 0.3 is 0 Å². The largest absolute Gasteiger partial charge is 0.377 e. The maximum atomic E-state index is 5.95. The fourth-order valence-electron chi connectivity index (χ4n) is 1.95. The first-order valence-electron chi connectivity index (χ1n) is 6.40. The maximum Gasteiger partial charge on any atom is 0.210 e. The molecule has 1 aliphatic rings. The molecule has 1 aromatic carbocycles. The Morgan fingerprint density at radius 3 is 3.20 bits per heavy atom. The lowest BCUT2D eigenvalue weighted by Gasteiger charge is -2.05. The summed E-state index contributed by atoms with van der Waals surface area (Å²) in [5.74, 6) is 0.950. The van der Waals surface area contributed by atoms with Gasteiger partial charge in [-0.3, -0.25) is 0 Å². The molecule has 1 saturated heterocycles. The highest BCUT2D eigenvalue weighted by Crippen LogP contribution is 2.30. The number of benzene rings is 1. The third-order valence-electron chi connectivity index (χ3n) is 2.90. The van der Waals surface area contributed by atoms with Crippen molar-refractivity contribution in [3.63, 3.8) is 0 Å². The van der Waals surface area contributed by atoms with Crippen LogP contribution in [0.1, 0.15) is 12.8 Å². The molecule has 1 fully saturated rings. The number of halogens is 1. The zero-order valence-electron chi connectivity index (χ0n) is 10.7. The maximum absolute atomic E-state index is 5.95. The molecule has 0 radical (unpaired) electrons. The fraction of sp³-hybridized carbons (Fsp3) is 0.385. The number of anilines is 2. The summed E-state index contributed by atoms with van der Waals surface area (Å²) in [7, 11) is 0. The molecule has 4 nitrogen and oxygen atoms in total. The van der Waals surface area contributed by atoms with E-state index in [1.165, 1.54) is 6.42 Å². The van der Waals surface area contributed by atoms with Crippen LogP contribution >= 0.6 is 34.7 Å². The Morgan fingerprint density at radius 1 is 1.45 bits per heavy atom. The van der Waals surface area contributed by atoms with Crippen molar-refractivity contribution in [2.75, 3.05) is 17.7 Å². The summed E-state index contributed by atoms with van der Waals surface area (Å²) >= 11 is 9.20. The predicted molar refractivity (Wildman–Crippen MR) is 84.3 cm³/mol. The molecular formula is C13H14ClN3OS2. The van der Waals surface area contributed by atoms with Crippen LogP contribution in [0, 0.1) is 0 Å². The van der Waals surface area contributed by atoms with Gasteiger partial charge in [-0.2, -0.15) is 0 Å². The van der Waals surface area contributed by atoms with Crippen molar-refractivity contribution in [3.8, 4) is 0 Å². The number of nitrogens with zero attached hydrogens (tertiary/aromatic N) is 2. The van der Waals surface area contributed by atoms with Gasteiger partial charge in [0.2, 0.25) is 5.13 Å². The molecule has 1 aliphatic heterocycles. The highest BCUT2D eigenvalue weighted by molar-refractivity contribution is 8.01. The van der Waals surface area contributed by atoms with Gasteiger partial charge in [0.25, 0.3) is 0 Å². The second kappa shape index (κ2) is 6.76. The van der Waals surface area contributed by atoms with Gasteiger partial charge in [-0.05, 0) is 31.0 Å². The molecule has 20 heavy (non-hydrogen) atoms. The van der Waals surface area contributed by atoms with Crippen LogP contribution in [0.25, 0.3) is 0 Å². The Bertz CT molecular complexity index is 572. The number of ether oxygens (including phenoxy) is 1. The van der Waals surface area contributed by atoms with E-state index < -0.39 is 0 Å². The van der Waals surface area contributed by atoms with Gasteiger partial charge in [-0.15, -0.1) is 10.2 Å². The molecule has 0 spiro atoms. The lowest BCUT2D eigenvalue weighted by molar-refractivity contribution is 0.129. The van der Waals surface area contributed by atoms with Crippen molar-refractivity contribution in [3.05, 3.63) is 29.3 Å². The zero-order chi connectivity index (χ0) is 13.8. The number of hydrogen-bond donors (Lipinski definition) is 1. The zero-order valence-corrected chi connectivity index (χ0v) is 13.1. The van der Waals surface area contributed by atoms with Crippen LogP contribution in [0.2, 0.25) is 5.02 Å². The van der Waals surface area contributed by atoms with Crippen LogP contribution in [0.15, 0.2) is 28.6 Å². The van der Waals surface area contributed by atoms with Gasteiger partial charge < -0.3 is 10.1 Å². The van der Waals surface area contributed by atoms with Crippen LogP contribution in [0.4, 0.5) is 10.8 Å². The second-order valence-corrected chi connectivity index (χ2v) is 7.14. The monoisotopic (exact) mass is 327 g/mol. The molecular weight excluding hydrogens is 314 g/mol. The van der Waals surface area contributed by atoms with Gasteiger partial charge in [-0.25, -0.2) is 0 Å². The molecule has 0 saturated carbocycles. The smallest absolute Gasteiger partial charge is 0.210 e. The Labute approximate surface area is 130 Å². The minimum Gasteiger partial charge on any atom is -0.377 e. The van der Waals surface area contributed by atoms with Crippen molar-refractivity contribution in [1.82, 2.24) is 10.2 Å². The molecule has 2 heterocycles. The van der Waals surface area contributed by atoms with Gasteiger partial charge in [0, 0.05) is 23.1 Å². The molecule has 0 unspecified atom stereocenters. The number of thioether (sulfide) groups is 1. The van der Waals surface area contributed by atoms with E-state index in [-0.39, 0.29) is 0 Å². The van der Waals surface area contributed by atoms with Gasteiger partial charge in [0.1, 0.15) is 0 Å². The number of aromatic nitrogens is 2. The van der Waals surface area contributed by atoms with Crippen LogP contribution in [0.3, 0.4) is 0 Å². The molecule has 1 N–H and O–H groups in total. The summed E-state index contributed by atoms with van der Waals surface area (Å²) in [5.41, 5.74) is 0.921. The average Bonchev–Trinajstić information content (AvgIpc) is 3.07. The standard InChI is InChI=1S/C13H14ClN3OS2/c14-9-3-1-4-10(7-9)15-12-16-17-13(20-12)19-8-11-5-2-6-18-11/h1,3-4,7,11H,2,5-6,8H2,(H,15,16)/t11-/m1/s1. The molecule has 1 aromatic heterocycles. The molecule has 106 valence electrons. The van der Waals surface area contributed by atoms with E-state index in [9.17, 15) is 0 Å². The molecule has 1 atom stereocenters. The minimum atomic E-state index is 0.369. The summed E-state index contributed by atoms with van der Waals surface area (Å²) in [5, 5.41) is 13.0. The van der Waals surface area contributed by atoms with Gasteiger partial charge in [0.15, 0.2) is 4.34 Å². The lowest BCUT2D eigenvalue weighted by atomic mass is 10.3. The third kappa shape index (κ3) is 3.85. The first-order chi connectivity index (χ1) is 9.79. The molecule has 0 amide bonds. The van der Waals surface area contributed by atoms with E-state index in [0.29, 0.717) is 11.1 Å². The Kier molecular flexibility index (Phi) is 4.77. The molecule has 3 rings (SSSR count). The highest BCUT2D eigenvalue weighted by Gasteiger charge is 2.16. The van der Waals surface area contributed by atoms with E-state index in [4.69, 9.17) is 16.3 Å². The molecule has 7 heteroatoms. The molecule has 0 aliphatic carbocycles. The average molecular weight is 328 g/mol. The summed E-state index contributed by atoms with van der Waals surface area (Å²) in [6.45, 7) is 0.892. The summed E-state index contributed by atoms with van der Waals surface area (Å²) in [6, 6.07) is 7.56. The number of nitrogens with one attached hydrogen (secondary N) is 1. The summed E-state index contributed by atoms with van der Waals surface area (Å²) in [6.07, 6.45) is 2.69. The van der Waals surface area contributed by atoms with Crippen molar-refractivity contribution < 1.29 is 4.74 Å². The van der Waals surface area contributed by atoms with Crippen LogP contribution in [0.5, 0.6) is 0 Å². The first-order valence-corrected chi connectivity index (χ1v) is 8.58. The van der Waals surface area contributed by atoms with Crippen molar-refractivity contribution in [2.24, 2.45) is 0 Å². The highest BCUT2D eigenvalue weighted by atomic mass is 35.5. The Balaban J connectivity index is 1.56. The van der Waals surface area contributed by atoms with Crippen molar-refractivity contribution >= 4 is 45.5 Å². The lowest BCUT2D eigenvalue weighted by Crippen LogP contribution is -2.07. The van der Waals surface area contributed by atoms with E-state index in [1.54, 1.807) is 23.1 Å². The SMILES string of the molecule is Clc1cccc(Nc2nnc(SC[C@H]3CCCO3)s2)c1. The fourth-order valence-corrected chi connectivity index (χ4v) is 4.00. The van der Waals surface area contributed by atoms with E-state index in [1.807, 2.05) is 24.3 Å². The van der Waals surface area contributed by atoms with E-state index in [0.717, 1.165) is 33.9 Å². The molecule has 2 aromatic rings. The van der Waals surface area contributed by atoms with Gasteiger partial charge in [0.05, 0.1) is 6.10 Å². The van der Waals surface area contributed by atoms with Crippen LogP contribution < -0.4 is 5.32 Å². The Hall–Kier alpha value is -0.820. The quantitative estimate of drug-likeness (QED) is 0.834. The van der Waals surface area contributed by atoms with Crippen molar-refractivity contribution in [2.45, 2.75) is 23.3 Å². The van der Waals surface area contributed by atoms with Gasteiger partial charge in [-0.1, -0.05) is 40.8 Å². The second-order valence-electron chi connectivity index (χ2n) is 4.45.